The van der Waals surface area contributed by atoms with Crippen LogP contribution in [0.1, 0.15) is 38.9 Å². The number of H-pyrrole nitrogens is 1. The zero-order valence-corrected chi connectivity index (χ0v) is 14.9. The molecule has 1 aliphatic heterocycles. The lowest BCUT2D eigenvalue weighted by Gasteiger charge is -2.24. The highest BCUT2D eigenvalue weighted by Gasteiger charge is 2.36. The van der Waals surface area contributed by atoms with Crippen molar-refractivity contribution < 1.29 is 9.59 Å². The number of benzene rings is 1. The molecule has 134 valence electrons. The summed E-state index contributed by atoms with van der Waals surface area (Å²) >= 11 is 0. The molecule has 1 saturated heterocycles. The van der Waals surface area contributed by atoms with Crippen molar-refractivity contribution in [2.24, 2.45) is 5.92 Å². The van der Waals surface area contributed by atoms with Crippen molar-refractivity contribution in [2.75, 3.05) is 13.1 Å². The van der Waals surface area contributed by atoms with Crippen molar-refractivity contribution >= 4 is 22.8 Å². The summed E-state index contributed by atoms with van der Waals surface area (Å²) < 4.78 is 0. The fourth-order valence-corrected chi connectivity index (χ4v) is 3.48. The molecule has 6 nitrogen and oxygen atoms in total. The smallest absolute Gasteiger partial charge is 0.225 e. The molecule has 0 radical (unpaired) electrons. The van der Waals surface area contributed by atoms with Crippen LogP contribution in [0, 0.1) is 5.92 Å². The average Bonchev–Trinajstić information content (AvgIpc) is 3.18. The summed E-state index contributed by atoms with van der Waals surface area (Å²) in [6, 6.07) is 8.09. The molecule has 1 aromatic heterocycles. The highest BCUT2D eigenvalue weighted by atomic mass is 16.2. The number of fused-ring (bicyclic) bond motifs is 1. The van der Waals surface area contributed by atoms with Gasteiger partial charge in [0.05, 0.1) is 17.0 Å². The standard InChI is InChI=1S/C19H26N4O2/c1-3-6-13(2)23-12-14(11-18(23)24)19(25)20-10-9-17-21-15-7-4-5-8-16(15)22-17/h4-5,7-8,13-14H,3,6,9-12H2,1-2H3,(H,20,25)(H,21,22)/t13-,14-/m1/s1. The zero-order valence-electron chi connectivity index (χ0n) is 14.9. The summed E-state index contributed by atoms with van der Waals surface area (Å²) in [6.07, 6.45) is 2.99. The predicted octanol–water partition coefficient (Wildman–Crippen LogP) is 2.26. The number of amides is 2. The van der Waals surface area contributed by atoms with Crippen LogP contribution in [0.25, 0.3) is 11.0 Å². The maximum absolute atomic E-state index is 12.4. The summed E-state index contributed by atoms with van der Waals surface area (Å²) in [5, 5.41) is 2.95. The van der Waals surface area contributed by atoms with Crippen molar-refractivity contribution in [1.82, 2.24) is 20.2 Å². The number of aromatic amines is 1. The van der Waals surface area contributed by atoms with E-state index in [0.717, 1.165) is 29.7 Å². The van der Waals surface area contributed by atoms with E-state index in [9.17, 15) is 9.59 Å². The Bertz CT molecular complexity index is 722. The van der Waals surface area contributed by atoms with Gasteiger partial charge < -0.3 is 15.2 Å². The van der Waals surface area contributed by atoms with Gasteiger partial charge >= 0.3 is 0 Å². The zero-order chi connectivity index (χ0) is 17.8. The highest BCUT2D eigenvalue weighted by Crippen LogP contribution is 2.22. The van der Waals surface area contributed by atoms with Crippen molar-refractivity contribution in [3.63, 3.8) is 0 Å². The van der Waals surface area contributed by atoms with Gasteiger partial charge in [-0.2, -0.15) is 0 Å². The van der Waals surface area contributed by atoms with Gasteiger partial charge in [0.15, 0.2) is 0 Å². The molecule has 2 atom stereocenters. The van der Waals surface area contributed by atoms with Gasteiger partial charge in [0.25, 0.3) is 0 Å². The van der Waals surface area contributed by atoms with Gasteiger partial charge in [0.2, 0.25) is 11.8 Å². The monoisotopic (exact) mass is 342 g/mol. The number of carbonyl (C=O) groups is 2. The lowest BCUT2D eigenvalue weighted by Crippen LogP contribution is -2.37. The Hall–Kier alpha value is -2.37. The number of nitrogens with one attached hydrogen (secondary N) is 2. The Labute approximate surface area is 148 Å². The van der Waals surface area contributed by atoms with Crippen molar-refractivity contribution in [1.29, 1.82) is 0 Å². The average molecular weight is 342 g/mol. The Kier molecular flexibility index (Phi) is 5.36. The molecule has 3 rings (SSSR count). The Morgan fingerprint density at radius 1 is 1.44 bits per heavy atom. The first-order valence-corrected chi connectivity index (χ1v) is 9.09. The molecule has 0 aliphatic carbocycles. The molecular formula is C19H26N4O2. The number of nitrogens with zero attached hydrogens (tertiary/aromatic N) is 2. The first-order chi connectivity index (χ1) is 12.1. The topological polar surface area (TPSA) is 78.1 Å². The van der Waals surface area contributed by atoms with E-state index in [1.54, 1.807) is 0 Å². The van der Waals surface area contributed by atoms with E-state index in [0.29, 0.717) is 25.9 Å². The second kappa shape index (κ2) is 7.68. The van der Waals surface area contributed by atoms with Crippen LogP contribution in [-0.4, -0.2) is 45.8 Å². The summed E-state index contributed by atoms with van der Waals surface area (Å²) in [7, 11) is 0. The van der Waals surface area contributed by atoms with Gasteiger partial charge in [-0.15, -0.1) is 0 Å². The van der Waals surface area contributed by atoms with Gasteiger partial charge in [0.1, 0.15) is 5.82 Å². The van der Waals surface area contributed by atoms with E-state index < -0.39 is 0 Å². The normalized spacial score (nSPS) is 18.7. The first kappa shape index (κ1) is 17.5. The van der Waals surface area contributed by atoms with Crippen LogP contribution in [0.2, 0.25) is 0 Å². The van der Waals surface area contributed by atoms with E-state index >= 15 is 0 Å². The third-order valence-corrected chi connectivity index (χ3v) is 4.87. The van der Waals surface area contributed by atoms with E-state index in [-0.39, 0.29) is 23.8 Å². The molecule has 1 aromatic carbocycles. The quantitative estimate of drug-likeness (QED) is 0.810. The maximum Gasteiger partial charge on any atom is 0.225 e. The third kappa shape index (κ3) is 4.00. The number of imidazole rings is 1. The van der Waals surface area contributed by atoms with Crippen molar-refractivity contribution in [2.45, 2.75) is 45.6 Å². The fraction of sp³-hybridized carbons (Fsp3) is 0.526. The summed E-state index contributed by atoms with van der Waals surface area (Å²) in [5.41, 5.74) is 1.94. The molecule has 0 saturated carbocycles. The fourth-order valence-electron chi connectivity index (χ4n) is 3.48. The molecule has 6 heteroatoms. The minimum atomic E-state index is -0.234. The largest absolute Gasteiger partial charge is 0.355 e. The predicted molar refractivity (Wildman–Crippen MR) is 97.0 cm³/mol. The van der Waals surface area contributed by atoms with E-state index in [1.807, 2.05) is 29.2 Å². The van der Waals surface area contributed by atoms with Crippen LogP contribution in [0.15, 0.2) is 24.3 Å². The molecule has 1 fully saturated rings. The molecule has 2 heterocycles. The Morgan fingerprint density at radius 2 is 2.24 bits per heavy atom. The van der Waals surface area contributed by atoms with Crippen LogP contribution >= 0.6 is 0 Å². The van der Waals surface area contributed by atoms with Crippen LogP contribution in [0.3, 0.4) is 0 Å². The van der Waals surface area contributed by atoms with Crippen LogP contribution in [0.5, 0.6) is 0 Å². The van der Waals surface area contributed by atoms with Crippen molar-refractivity contribution in [3.8, 4) is 0 Å². The maximum atomic E-state index is 12.4. The second-order valence-corrected chi connectivity index (χ2v) is 6.83. The Morgan fingerprint density at radius 3 is 3.00 bits per heavy atom. The molecule has 2 N–H and O–H groups in total. The number of aromatic nitrogens is 2. The second-order valence-electron chi connectivity index (χ2n) is 6.83. The van der Waals surface area contributed by atoms with Crippen LogP contribution < -0.4 is 5.32 Å². The number of hydrogen-bond donors (Lipinski definition) is 2. The SMILES string of the molecule is CCC[C@@H](C)N1C[C@H](C(=O)NCCc2nc3ccccc3[nH]2)CC1=O. The van der Waals surface area contributed by atoms with Crippen molar-refractivity contribution in [3.05, 3.63) is 30.1 Å². The van der Waals surface area contributed by atoms with E-state index in [1.165, 1.54) is 0 Å². The number of hydrogen-bond acceptors (Lipinski definition) is 3. The van der Waals surface area contributed by atoms with Gasteiger partial charge in [-0.25, -0.2) is 4.98 Å². The number of likely N-dealkylation sites (tertiary alicyclic amines) is 1. The molecular weight excluding hydrogens is 316 g/mol. The lowest BCUT2D eigenvalue weighted by molar-refractivity contribution is -0.130. The summed E-state index contributed by atoms with van der Waals surface area (Å²) in [5.74, 6) is 0.693. The van der Waals surface area contributed by atoms with E-state index in [4.69, 9.17) is 0 Å². The molecule has 0 spiro atoms. The Balaban J connectivity index is 1.48. The molecule has 25 heavy (non-hydrogen) atoms. The van der Waals surface area contributed by atoms with Gasteiger partial charge in [0, 0.05) is 32.0 Å². The van der Waals surface area contributed by atoms with Gasteiger partial charge in [-0.1, -0.05) is 25.5 Å². The number of carbonyl (C=O) groups excluding carboxylic acids is 2. The van der Waals surface area contributed by atoms with Gasteiger partial charge in [-0.3, -0.25) is 9.59 Å². The minimum Gasteiger partial charge on any atom is -0.355 e. The summed E-state index contributed by atoms with van der Waals surface area (Å²) in [4.78, 5) is 34.1. The first-order valence-electron chi connectivity index (χ1n) is 9.09. The van der Waals surface area contributed by atoms with E-state index in [2.05, 4.69) is 29.1 Å². The molecule has 2 amide bonds. The number of para-hydroxylation sites is 2. The summed E-state index contributed by atoms with van der Waals surface area (Å²) in [6.45, 7) is 5.23. The van der Waals surface area contributed by atoms with Crippen LogP contribution in [0.4, 0.5) is 0 Å². The third-order valence-electron chi connectivity index (χ3n) is 4.87. The lowest BCUT2D eigenvalue weighted by atomic mass is 10.1. The highest BCUT2D eigenvalue weighted by molar-refractivity contribution is 5.89. The molecule has 0 unspecified atom stereocenters. The van der Waals surface area contributed by atoms with Gasteiger partial charge in [-0.05, 0) is 25.5 Å². The van der Waals surface area contributed by atoms with Crippen LogP contribution in [-0.2, 0) is 16.0 Å². The molecule has 1 aliphatic rings. The number of rotatable bonds is 7. The molecule has 0 bridgehead atoms. The molecule has 2 aromatic rings. The minimum absolute atomic E-state index is 0.0318.